The number of carbonyl (C=O) groups excluding carboxylic acids is 2. The first-order valence-corrected chi connectivity index (χ1v) is 6.07. The monoisotopic (exact) mass is 229 g/mol. The van der Waals surface area contributed by atoms with E-state index in [2.05, 4.69) is 6.92 Å². The Morgan fingerprint density at radius 2 is 2.00 bits per heavy atom. The predicted molar refractivity (Wildman–Crippen MR) is 63.0 cm³/mol. The molecule has 1 atom stereocenters. The van der Waals surface area contributed by atoms with E-state index in [-0.39, 0.29) is 12.4 Å². The maximum atomic E-state index is 11.2. The van der Waals surface area contributed by atoms with Crippen LogP contribution in [0.4, 0.5) is 0 Å². The highest BCUT2D eigenvalue weighted by Crippen LogP contribution is 2.03. The van der Waals surface area contributed by atoms with Gasteiger partial charge >= 0.3 is 5.97 Å². The van der Waals surface area contributed by atoms with Gasteiger partial charge in [-0.2, -0.15) is 0 Å². The molecule has 0 saturated heterocycles. The smallest absolute Gasteiger partial charge is 0.305 e. The second-order valence-corrected chi connectivity index (χ2v) is 3.97. The van der Waals surface area contributed by atoms with Crippen LogP contribution < -0.4 is 5.73 Å². The van der Waals surface area contributed by atoms with Gasteiger partial charge in [0, 0.05) is 6.42 Å². The highest BCUT2D eigenvalue weighted by molar-refractivity contribution is 5.70. The van der Waals surface area contributed by atoms with Crippen LogP contribution in [0, 0.1) is 0 Å². The van der Waals surface area contributed by atoms with Gasteiger partial charge in [-0.15, -0.1) is 0 Å². The summed E-state index contributed by atoms with van der Waals surface area (Å²) < 4.78 is 5.01. The summed E-state index contributed by atoms with van der Waals surface area (Å²) in [5.41, 5.74) is 5.36. The van der Waals surface area contributed by atoms with Gasteiger partial charge in [0.15, 0.2) is 0 Å². The van der Waals surface area contributed by atoms with Crippen molar-refractivity contribution in [3.63, 3.8) is 0 Å². The Morgan fingerprint density at radius 1 is 1.31 bits per heavy atom. The molecule has 94 valence electrons. The zero-order valence-electron chi connectivity index (χ0n) is 10.1. The maximum absolute atomic E-state index is 11.2. The molecule has 0 aromatic carbocycles. The van der Waals surface area contributed by atoms with Crippen LogP contribution in [-0.2, 0) is 14.3 Å². The van der Waals surface area contributed by atoms with Crippen molar-refractivity contribution < 1.29 is 14.3 Å². The Hall–Kier alpha value is -0.900. The van der Waals surface area contributed by atoms with Crippen molar-refractivity contribution in [2.24, 2.45) is 5.73 Å². The van der Waals surface area contributed by atoms with Gasteiger partial charge in [0.1, 0.15) is 6.29 Å². The summed E-state index contributed by atoms with van der Waals surface area (Å²) in [4.78, 5) is 21.4. The van der Waals surface area contributed by atoms with Gasteiger partial charge < -0.3 is 15.3 Å². The van der Waals surface area contributed by atoms with Crippen molar-refractivity contribution in [2.45, 2.75) is 57.9 Å². The van der Waals surface area contributed by atoms with Crippen LogP contribution in [0.2, 0.25) is 0 Å². The molecule has 0 aliphatic heterocycles. The van der Waals surface area contributed by atoms with Crippen LogP contribution >= 0.6 is 0 Å². The van der Waals surface area contributed by atoms with Gasteiger partial charge in [0.05, 0.1) is 12.6 Å². The van der Waals surface area contributed by atoms with Crippen molar-refractivity contribution in [1.29, 1.82) is 0 Å². The lowest BCUT2D eigenvalue weighted by Gasteiger charge is -2.05. The molecular formula is C12H23NO3. The van der Waals surface area contributed by atoms with Crippen molar-refractivity contribution in [2.75, 3.05) is 6.61 Å². The first kappa shape index (κ1) is 15.1. The molecule has 0 heterocycles. The predicted octanol–water partition coefficient (Wildman–Crippen LogP) is 1.81. The Labute approximate surface area is 97.5 Å². The molecule has 0 amide bonds. The van der Waals surface area contributed by atoms with E-state index in [1.165, 1.54) is 19.3 Å². The van der Waals surface area contributed by atoms with E-state index in [1.807, 2.05) is 0 Å². The van der Waals surface area contributed by atoms with Gasteiger partial charge in [-0.25, -0.2) is 0 Å². The average Bonchev–Trinajstić information content (AvgIpc) is 2.30. The molecule has 1 unspecified atom stereocenters. The molecule has 0 radical (unpaired) electrons. The van der Waals surface area contributed by atoms with Crippen LogP contribution in [0.5, 0.6) is 0 Å². The lowest BCUT2D eigenvalue weighted by atomic mass is 10.2. The number of aldehydes is 1. The number of nitrogens with two attached hydrogens (primary N) is 1. The number of carbonyl (C=O) groups is 2. The number of ether oxygens (including phenoxy) is 1. The summed E-state index contributed by atoms with van der Waals surface area (Å²) in [7, 11) is 0. The van der Waals surface area contributed by atoms with Crippen LogP contribution in [-0.4, -0.2) is 24.9 Å². The fraction of sp³-hybridized carbons (Fsp3) is 0.833. The third-order valence-electron chi connectivity index (χ3n) is 2.37. The molecule has 0 aromatic rings. The molecule has 0 aliphatic carbocycles. The Bertz CT molecular complexity index is 195. The van der Waals surface area contributed by atoms with Crippen LogP contribution in [0.25, 0.3) is 0 Å². The van der Waals surface area contributed by atoms with Crippen LogP contribution in [0.15, 0.2) is 0 Å². The lowest BCUT2D eigenvalue weighted by molar-refractivity contribution is -0.143. The first-order chi connectivity index (χ1) is 7.70. The van der Waals surface area contributed by atoms with E-state index >= 15 is 0 Å². The largest absolute Gasteiger partial charge is 0.466 e. The van der Waals surface area contributed by atoms with E-state index in [4.69, 9.17) is 10.5 Å². The third-order valence-corrected chi connectivity index (χ3v) is 2.37. The fourth-order valence-corrected chi connectivity index (χ4v) is 1.32. The van der Waals surface area contributed by atoms with E-state index in [0.717, 1.165) is 12.8 Å². The van der Waals surface area contributed by atoms with Crippen molar-refractivity contribution in [1.82, 2.24) is 0 Å². The van der Waals surface area contributed by atoms with Crippen molar-refractivity contribution in [3.05, 3.63) is 0 Å². The topological polar surface area (TPSA) is 69.4 Å². The molecule has 2 N–H and O–H groups in total. The number of rotatable bonds is 10. The molecule has 0 rings (SSSR count). The summed E-state index contributed by atoms with van der Waals surface area (Å²) in [6, 6.07) is -0.544. The number of esters is 1. The molecule has 4 heteroatoms. The maximum Gasteiger partial charge on any atom is 0.305 e. The highest BCUT2D eigenvalue weighted by Gasteiger charge is 2.06. The van der Waals surface area contributed by atoms with Crippen molar-refractivity contribution in [3.8, 4) is 0 Å². The number of hydrogen-bond donors (Lipinski definition) is 1. The Morgan fingerprint density at radius 3 is 2.62 bits per heavy atom. The summed E-state index contributed by atoms with van der Waals surface area (Å²) in [5, 5.41) is 0. The van der Waals surface area contributed by atoms with Gasteiger partial charge in [-0.1, -0.05) is 32.6 Å². The molecule has 0 spiro atoms. The fourth-order valence-electron chi connectivity index (χ4n) is 1.32. The normalized spacial score (nSPS) is 12.1. The molecule has 0 aromatic heterocycles. The molecule has 0 bridgehead atoms. The lowest BCUT2D eigenvalue weighted by Crippen LogP contribution is -2.22. The third kappa shape index (κ3) is 9.65. The van der Waals surface area contributed by atoms with Gasteiger partial charge in [-0.05, 0) is 12.8 Å². The SMILES string of the molecule is CCCCCCCOC(=O)CCC(N)C=O. The van der Waals surface area contributed by atoms with Crippen LogP contribution in [0.1, 0.15) is 51.9 Å². The quantitative estimate of drug-likeness (QED) is 0.352. The van der Waals surface area contributed by atoms with E-state index in [9.17, 15) is 9.59 Å². The van der Waals surface area contributed by atoms with Crippen LogP contribution in [0.3, 0.4) is 0 Å². The minimum atomic E-state index is -0.544. The van der Waals surface area contributed by atoms with Gasteiger partial charge in [-0.3, -0.25) is 4.79 Å². The molecule has 16 heavy (non-hydrogen) atoms. The Kier molecular flexibility index (Phi) is 10.0. The van der Waals surface area contributed by atoms with Gasteiger partial charge in [0.25, 0.3) is 0 Å². The second kappa shape index (κ2) is 10.6. The molecule has 4 nitrogen and oxygen atoms in total. The summed E-state index contributed by atoms with van der Waals surface area (Å²) in [6.07, 6.45) is 6.93. The molecule has 0 saturated carbocycles. The molecule has 0 fully saturated rings. The number of unbranched alkanes of at least 4 members (excludes halogenated alkanes) is 4. The first-order valence-electron chi connectivity index (χ1n) is 6.07. The van der Waals surface area contributed by atoms with E-state index in [0.29, 0.717) is 19.3 Å². The standard InChI is InChI=1S/C12H23NO3/c1-2-3-4-5-6-9-16-12(15)8-7-11(13)10-14/h10-11H,2-9,13H2,1H3. The van der Waals surface area contributed by atoms with Crippen molar-refractivity contribution >= 4 is 12.3 Å². The highest BCUT2D eigenvalue weighted by atomic mass is 16.5. The average molecular weight is 229 g/mol. The molecule has 0 aliphatic rings. The summed E-state index contributed by atoms with van der Waals surface area (Å²) in [6.45, 7) is 2.65. The molecular weight excluding hydrogens is 206 g/mol. The zero-order chi connectivity index (χ0) is 12.2. The minimum absolute atomic E-state index is 0.231. The Balaban J connectivity index is 3.27. The zero-order valence-corrected chi connectivity index (χ0v) is 10.1. The minimum Gasteiger partial charge on any atom is -0.466 e. The van der Waals surface area contributed by atoms with Gasteiger partial charge in [0.2, 0.25) is 0 Å². The number of hydrogen-bond acceptors (Lipinski definition) is 4. The van der Waals surface area contributed by atoms with E-state index in [1.54, 1.807) is 0 Å². The second-order valence-electron chi connectivity index (χ2n) is 3.97. The summed E-state index contributed by atoms with van der Waals surface area (Å²) in [5.74, 6) is -0.257. The van der Waals surface area contributed by atoms with E-state index < -0.39 is 6.04 Å². The summed E-state index contributed by atoms with van der Waals surface area (Å²) >= 11 is 0.